The summed E-state index contributed by atoms with van der Waals surface area (Å²) in [4.78, 5) is 7.19. The largest absolute Gasteiger partial charge is 0.456 e. The Hall–Kier alpha value is -7.37. The topological polar surface area (TPSA) is 47.3 Å². The van der Waals surface area contributed by atoms with Gasteiger partial charge in [-0.1, -0.05) is 103 Å². The Balaban J connectivity index is 1.17. The number of furan rings is 1. The van der Waals surface area contributed by atoms with Crippen LogP contribution >= 0.6 is 0 Å². The number of para-hydroxylation sites is 2. The quantitative estimate of drug-likeness (QED) is 0.174. The van der Waals surface area contributed by atoms with E-state index in [0.717, 1.165) is 72.4 Å². The molecular formula is C49H31N3O2. The van der Waals surface area contributed by atoms with Crippen molar-refractivity contribution in [3.05, 3.63) is 188 Å². The lowest BCUT2D eigenvalue weighted by Crippen LogP contribution is -2.10. The monoisotopic (exact) mass is 693 g/mol. The first-order chi connectivity index (χ1) is 26.8. The summed E-state index contributed by atoms with van der Waals surface area (Å²) >= 11 is 0. The maximum Gasteiger partial charge on any atom is 0.227 e. The zero-order valence-electron chi connectivity index (χ0n) is 29.1. The highest BCUT2D eigenvalue weighted by atomic mass is 16.4. The van der Waals surface area contributed by atoms with Gasteiger partial charge in [0.25, 0.3) is 0 Å². The predicted octanol–water partition coefficient (Wildman–Crippen LogP) is 13.6. The summed E-state index contributed by atoms with van der Waals surface area (Å²) in [6.07, 6.45) is 0. The van der Waals surface area contributed by atoms with E-state index in [1.807, 2.05) is 42.5 Å². The summed E-state index contributed by atoms with van der Waals surface area (Å²) in [5.41, 5.74) is 12.8. The first-order valence-corrected chi connectivity index (χ1v) is 18.1. The second-order valence-electron chi connectivity index (χ2n) is 13.6. The van der Waals surface area contributed by atoms with E-state index in [2.05, 4.69) is 155 Å². The first kappa shape index (κ1) is 30.3. The number of benzene rings is 8. The number of hydrogen-bond acceptors (Lipinski definition) is 4. The molecule has 3 aromatic heterocycles. The molecule has 0 fully saturated rings. The van der Waals surface area contributed by atoms with Crippen LogP contribution in [0.2, 0.25) is 0 Å². The molecule has 0 spiro atoms. The lowest BCUT2D eigenvalue weighted by molar-refractivity contribution is 0.620. The van der Waals surface area contributed by atoms with E-state index in [1.165, 1.54) is 16.3 Å². The van der Waals surface area contributed by atoms with Crippen molar-refractivity contribution in [2.24, 2.45) is 0 Å². The van der Waals surface area contributed by atoms with E-state index in [-0.39, 0.29) is 0 Å². The van der Waals surface area contributed by atoms with Gasteiger partial charge in [-0.2, -0.15) is 0 Å². The molecule has 0 N–H and O–H groups in total. The van der Waals surface area contributed by atoms with Crippen LogP contribution in [0, 0.1) is 0 Å². The lowest BCUT2D eigenvalue weighted by Gasteiger charge is -2.27. The van der Waals surface area contributed by atoms with Crippen LogP contribution < -0.4 is 4.90 Å². The average Bonchev–Trinajstić information content (AvgIpc) is 3.92. The molecule has 54 heavy (non-hydrogen) atoms. The molecule has 254 valence electrons. The van der Waals surface area contributed by atoms with Crippen LogP contribution in [0.4, 0.5) is 17.1 Å². The van der Waals surface area contributed by atoms with E-state index >= 15 is 0 Å². The van der Waals surface area contributed by atoms with E-state index in [1.54, 1.807) is 0 Å². The van der Waals surface area contributed by atoms with Crippen molar-refractivity contribution in [2.75, 3.05) is 4.90 Å². The molecule has 8 aromatic carbocycles. The third-order valence-corrected chi connectivity index (χ3v) is 10.4. The second kappa shape index (κ2) is 12.1. The summed E-state index contributed by atoms with van der Waals surface area (Å²) in [5.74, 6) is 0.588. The molecule has 0 atom stereocenters. The van der Waals surface area contributed by atoms with Crippen molar-refractivity contribution in [1.29, 1.82) is 0 Å². The second-order valence-corrected chi connectivity index (χ2v) is 13.6. The fourth-order valence-corrected chi connectivity index (χ4v) is 7.96. The highest BCUT2D eigenvalue weighted by Gasteiger charge is 2.23. The molecule has 0 amide bonds. The third-order valence-electron chi connectivity index (χ3n) is 10.4. The van der Waals surface area contributed by atoms with Gasteiger partial charge in [0, 0.05) is 44.9 Å². The van der Waals surface area contributed by atoms with Crippen LogP contribution in [0.15, 0.2) is 197 Å². The number of nitrogens with zero attached hydrogens (tertiary/aromatic N) is 3. The molecule has 0 bridgehead atoms. The molecule has 5 nitrogen and oxygen atoms in total. The Bertz CT molecular complexity index is 3160. The molecular weight excluding hydrogens is 663 g/mol. The summed E-state index contributed by atoms with van der Waals surface area (Å²) in [5, 5.41) is 4.35. The fourth-order valence-electron chi connectivity index (χ4n) is 7.96. The standard InChI is InChI=1S/C49H31N3O2/c1-4-14-32(15-5-1)34-18-12-21-36(28-34)51(37-26-27-43-39(29-37)38-22-10-11-23-42(38)52(43)35-19-8-3-9-20-35)44-24-13-25-45-48(44)40-30-47-41(31-46(40)53-45)50-49(54-47)33-16-6-2-7-17-33/h1-31H. The summed E-state index contributed by atoms with van der Waals surface area (Å²) < 4.78 is 15.3. The molecule has 5 heteroatoms. The van der Waals surface area contributed by atoms with Crippen LogP contribution in [-0.2, 0) is 0 Å². The Labute approximate surface area is 310 Å². The van der Waals surface area contributed by atoms with Gasteiger partial charge in [0.1, 0.15) is 16.7 Å². The lowest BCUT2D eigenvalue weighted by atomic mass is 10.0. The minimum absolute atomic E-state index is 0.588. The van der Waals surface area contributed by atoms with Crippen LogP contribution in [-0.4, -0.2) is 9.55 Å². The van der Waals surface area contributed by atoms with Crippen molar-refractivity contribution >= 4 is 71.9 Å². The number of aromatic nitrogens is 2. The Morgan fingerprint density at radius 3 is 1.94 bits per heavy atom. The number of oxazole rings is 1. The van der Waals surface area contributed by atoms with Gasteiger partial charge >= 0.3 is 0 Å². The normalized spacial score (nSPS) is 11.7. The first-order valence-electron chi connectivity index (χ1n) is 18.1. The SMILES string of the molecule is c1ccc(-c2cccc(N(c3ccc4c(c3)c3ccccc3n4-c3ccccc3)c3cccc4oc5cc6nc(-c7ccccc7)oc6cc5c34)c2)cc1. The van der Waals surface area contributed by atoms with Crippen LogP contribution in [0.3, 0.4) is 0 Å². The molecule has 0 aliphatic rings. The van der Waals surface area contributed by atoms with Gasteiger partial charge in [-0.15, -0.1) is 0 Å². The van der Waals surface area contributed by atoms with E-state index in [9.17, 15) is 0 Å². The summed E-state index contributed by atoms with van der Waals surface area (Å²) in [7, 11) is 0. The number of rotatable bonds is 6. The molecule has 0 unspecified atom stereocenters. The van der Waals surface area contributed by atoms with Crippen molar-refractivity contribution < 1.29 is 8.83 Å². The van der Waals surface area contributed by atoms with Crippen molar-refractivity contribution in [3.8, 4) is 28.3 Å². The van der Waals surface area contributed by atoms with Gasteiger partial charge in [-0.05, 0) is 90.0 Å². The van der Waals surface area contributed by atoms with Crippen LogP contribution in [0.5, 0.6) is 0 Å². The van der Waals surface area contributed by atoms with Crippen LogP contribution in [0.1, 0.15) is 0 Å². The van der Waals surface area contributed by atoms with Gasteiger partial charge < -0.3 is 18.3 Å². The average molecular weight is 694 g/mol. The molecule has 0 saturated heterocycles. The van der Waals surface area contributed by atoms with Gasteiger partial charge in [-0.3, -0.25) is 0 Å². The maximum atomic E-state index is 6.60. The molecule has 0 aliphatic carbocycles. The van der Waals surface area contributed by atoms with Crippen LogP contribution in [0.25, 0.3) is 83.1 Å². The van der Waals surface area contributed by atoms with E-state index in [4.69, 9.17) is 13.8 Å². The smallest absolute Gasteiger partial charge is 0.227 e. The number of anilines is 3. The Morgan fingerprint density at radius 2 is 1.11 bits per heavy atom. The molecule has 3 heterocycles. The highest BCUT2D eigenvalue weighted by Crippen LogP contribution is 2.46. The van der Waals surface area contributed by atoms with Gasteiger partial charge in [-0.25, -0.2) is 4.98 Å². The minimum atomic E-state index is 0.588. The van der Waals surface area contributed by atoms with Crippen molar-refractivity contribution in [2.45, 2.75) is 0 Å². The maximum absolute atomic E-state index is 6.60. The fraction of sp³-hybridized carbons (Fsp3) is 0. The predicted molar refractivity (Wildman–Crippen MR) is 221 cm³/mol. The van der Waals surface area contributed by atoms with Gasteiger partial charge in [0.15, 0.2) is 5.58 Å². The molecule has 11 aromatic rings. The van der Waals surface area contributed by atoms with Gasteiger partial charge in [0.05, 0.1) is 22.1 Å². The number of hydrogen-bond donors (Lipinski definition) is 0. The summed E-state index contributed by atoms with van der Waals surface area (Å²) in [6.45, 7) is 0. The molecule has 0 radical (unpaired) electrons. The number of fused-ring (bicyclic) bond motifs is 7. The zero-order chi connectivity index (χ0) is 35.6. The van der Waals surface area contributed by atoms with Gasteiger partial charge in [0.2, 0.25) is 5.89 Å². The Kier molecular flexibility index (Phi) is 6.79. The van der Waals surface area contributed by atoms with Crippen molar-refractivity contribution in [3.63, 3.8) is 0 Å². The minimum Gasteiger partial charge on any atom is -0.456 e. The van der Waals surface area contributed by atoms with E-state index in [0.29, 0.717) is 11.5 Å². The Morgan fingerprint density at radius 1 is 0.426 bits per heavy atom. The van der Waals surface area contributed by atoms with E-state index < -0.39 is 0 Å². The molecule has 11 rings (SSSR count). The van der Waals surface area contributed by atoms with Crippen molar-refractivity contribution in [1.82, 2.24) is 9.55 Å². The summed E-state index contributed by atoms with van der Waals surface area (Å²) in [6, 6.07) is 65.7. The third kappa shape index (κ3) is 4.83. The zero-order valence-corrected chi connectivity index (χ0v) is 29.1. The molecule has 0 aliphatic heterocycles. The highest BCUT2D eigenvalue weighted by molar-refractivity contribution is 6.16. The molecule has 0 saturated carbocycles.